The van der Waals surface area contributed by atoms with Crippen LogP contribution in [0.2, 0.25) is 0 Å². The van der Waals surface area contributed by atoms with Crippen LogP contribution in [0.1, 0.15) is 71.6 Å². The standard InChI is InChI=1S/C27H37NO6/c1-25-11-10-18(30)12-16(25)8-9-19-20-13-23-27(22(32)15-29,26(20,2)14-21(31)24(19)25)34-28(33-23)17-6-4-3-5-7-17/h10-12,17,19-21,23-24,29,31H,3-9,13-15H2,1-2H3/t19?,20?,21-,23?,24?,25-,26-,27?/m0/s1. The van der Waals surface area contributed by atoms with Gasteiger partial charge in [0.25, 0.3) is 0 Å². The smallest absolute Gasteiger partial charge is 0.195 e. The molecule has 5 fully saturated rings. The van der Waals surface area contributed by atoms with Crippen molar-refractivity contribution >= 4 is 11.6 Å². The Kier molecular flexibility index (Phi) is 5.29. The zero-order valence-electron chi connectivity index (χ0n) is 20.2. The second-order valence-corrected chi connectivity index (χ2v) is 12.0. The number of hydroxylamine groups is 2. The van der Waals surface area contributed by atoms with Crippen molar-refractivity contribution in [2.75, 3.05) is 6.61 Å². The van der Waals surface area contributed by atoms with Gasteiger partial charge in [-0.1, -0.05) is 50.0 Å². The second kappa shape index (κ2) is 7.81. The molecule has 5 unspecified atom stereocenters. The summed E-state index contributed by atoms with van der Waals surface area (Å²) in [6.45, 7) is 3.62. The van der Waals surface area contributed by atoms with Gasteiger partial charge in [-0.15, -0.1) is 0 Å². The molecule has 0 aromatic rings. The number of hydrogen-bond donors (Lipinski definition) is 2. The molecule has 6 rings (SSSR count). The van der Waals surface area contributed by atoms with E-state index in [1.165, 1.54) is 6.42 Å². The number of carbonyl (C=O) groups excluding carboxylic acids is 2. The monoisotopic (exact) mass is 471 g/mol. The predicted octanol–water partition coefficient (Wildman–Crippen LogP) is 3.06. The quantitative estimate of drug-likeness (QED) is 0.653. The van der Waals surface area contributed by atoms with E-state index in [1.807, 2.05) is 6.08 Å². The Morgan fingerprint density at radius 1 is 1.21 bits per heavy atom. The fourth-order valence-corrected chi connectivity index (χ4v) is 8.99. The van der Waals surface area contributed by atoms with E-state index in [1.54, 1.807) is 17.4 Å². The number of carbonyl (C=O) groups is 2. The molecule has 1 saturated heterocycles. The van der Waals surface area contributed by atoms with Crippen LogP contribution in [0.5, 0.6) is 0 Å². The minimum Gasteiger partial charge on any atom is -0.393 e. The van der Waals surface area contributed by atoms with Gasteiger partial charge >= 0.3 is 0 Å². The second-order valence-electron chi connectivity index (χ2n) is 12.0. The third kappa shape index (κ3) is 2.88. The van der Waals surface area contributed by atoms with Crippen LogP contribution in [0, 0.1) is 28.6 Å². The molecule has 0 spiro atoms. The van der Waals surface area contributed by atoms with E-state index < -0.39 is 29.8 Å². The Morgan fingerprint density at radius 3 is 2.71 bits per heavy atom. The lowest BCUT2D eigenvalue weighted by Crippen LogP contribution is -2.63. The first kappa shape index (κ1) is 23.0. The number of fused-ring (bicyclic) bond motifs is 7. The van der Waals surface area contributed by atoms with Gasteiger partial charge in [0.15, 0.2) is 17.2 Å². The molecule has 0 aromatic carbocycles. The number of aliphatic hydroxyl groups is 2. The molecule has 1 aliphatic heterocycles. The Balaban J connectivity index is 1.37. The molecule has 34 heavy (non-hydrogen) atoms. The first-order valence-electron chi connectivity index (χ1n) is 13.2. The Labute approximate surface area is 201 Å². The molecule has 4 saturated carbocycles. The first-order chi connectivity index (χ1) is 16.2. The largest absolute Gasteiger partial charge is 0.393 e. The molecule has 186 valence electrons. The molecule has 8 atom stereocenters. The summed E-state index contributed by atoms with van der Waals surface area (Å²) in [7, 11) is 0. The highest BCUT2D eigenvalue weighted by molar-refractivity contribution is 6.01. The minimum atomic E-state index is -1.27. The molecule has 7 heteroatoms. The SMILES string of the molecule is C[C@]12C=CC(=O)C=C1CCC1C2[C@@H](O)C[C@@]2(C)C1CC1ON(C3CCCCC3)OC12C(=O)CO. The summed E-state index contributed by atoms with van der Waals surface area (Å²) in [4.78, 5) is 38.5. The van der Waals surface area contributed by atoms with E-state index in [2.05, 4.69) is 13.8 Å². The average Bonchev–Trinajstić information content (AvgIpc) is 3.32. The maximum absolute atomic E-state index is 13.5. The van der Waals surface area contributed by atoms with E-state index in [4.69, 9.17) is 9.68 Å². The average molecular weight is 472 g/mol. The van der Waals surface area contributed by atoms with Crippen molar-refractivity contribution < 1.29 is 29.5 Å². The number of ketones is 2. The van der Waals surface area contributed by atoms with Gasteiger partial charge in [-0.3, -0.25) is 19.3 Å². The lowest BCUT2D eigenvalue weighted by atomic mass is 9.46. The third-order valence-electron chi connectivity index (χ3n) is 10.6. The molecular weight excluding hydrogens is 434 g/mol. The van der Waals surface area contributed by atoms with Crippen molar-refractivity contribution in [1.82, 2.24) is 5.23 Å². The summed E-state index contributed by atoms with van der Waals surface area (Å²) in [6.07, 6.45) is 12.4. The van der Waals surface area contributed by atoms with Crippen LogP contribution in [0.3, 0.4) is 0 Å². The number of aliphatic hydroxyl groups excluding tert-OH is 2. The predicted molar refractivity (Wildman–Crippen MR) is 123 cm³/mol. The van der Waals surface area contributed by atoms with Crippen LogP contribution in [0.15, 0.2) is 23.8 Å². The fourth-order valence-electron chi connectivity index (χ4n) is 8.99. The molecule has 0 aromatic heterocycles. The highest BCUT2D eigenvalue weighted by atomic mass is 17.0. The van der Waals surface area contributed by atoms with Gasteiger partial charge in [0.1, 0.15) is 12.7 Å². The van der Waals surface area contributed by atoms with Gasteiger partial charge in [0.2, 0.25) is 0 Å². The van der Waals surface area contributed by atoms with E-state index in [-0.39, 0.29) is 40.8 Å². The van der Waals surface area contributed by atoms with Gasteiger partial charge in [-0.2, -0.15) is 0 Å². The highest BCUT2D eigenvalue weighted by Gasteiger charge is 2.76. The van der Waals surface area contributed by atoms with Gasteiger partial charge in [-0.05, 0) is 62.5 Å². The van der Waals surface area contributed by atoms with E-state index >= 15 is 0 Å². The van der Waals surface area contributed by atoms with Crippen LogP contribution >= 0.6 is 0 Å². The number of rotatable bonds is 3. The highest BCUT2D eigenvalue weighted by Crippen LogP contribution is 2.69. The topological polar surface area (TPSA) is 96.3 Å². The Morgan fingerprint density at radius 2 is 1.97 bits per heavy atom. The van der Waals surface area contributed by atoms with Gasteiger partial charge < -0.3 is 10.2 Å². The zero-order valence-corrected chi connectivity index (χ0v) is 20.2. The van der Waals surface area contributed by atoms with Crippen molar-refractivity contribution in [2.45, 2.75) is 95.5 Å². The third-order valence-corrected chi connectivity index (χ3v) is 10.6. The molecular formula is C27H37NO6. The van der Waals surface area contributed by atoms with Gasteiger partial charge in [-0.25, -0.2) is 0 Å². The number of hydrogen-bond acceptors (Lipinski definition) is 7. The Hall–Kier alpha value is -1.38. The normalized spacial score (nSPS) is 48.6. The number of nitrogens with zero attached hydrogens (tertiary/aromatic N) is 1. The summed E-state index contributed by atoms with van der Waals surface area (Å²) in [5, 5.41) is 23.3. The number of allylic oxidation sites excluding steroid dienone is 4. The van der Waals surface area contributed by atoms with Crippen LogP contribution in [-0.4, -0.2) is 57.5 Å². The summed E-state index contributed by atoms with van der Waals surface area (Å²) >= 11 is 0. The van der Waals surface area contributed by atoms with Crippen molar-refractivity contribution in [1.29, 1.82) is 0 Å². The molecule has 0 radical (unpaired) electrons. The van der Waals surface area contributed by atoms with Crippen molar-refractivity contribution in [3.63, 3.8) is 0 Å². The molecule has 5 aliphatic carbocycles. The summed E-state index contributed by atoms with van der Waals surface area (Å²) in [5.74, 6) is -0.0346. The molecule has 1 heterocycles. The summed E-state index contributed by atoms with van der Waals surface area (Å²) < 4.78 is 0. The molecule has 0 amide bonds. The molecule has 0 bridgehead atoms. The summed E-state index contributed by atoms with van der Waals surface area (Å²) in [5.41, 5.74) is -1.17. The van der Waals surface area contributed by atoms with E-state index in [0.717, 1.165) is 44.1 Å². The van der Waals surface area contributed by atoms with Crippen molar-refractivity contribution in [2.24, 2.45) is 28.6 Å². The van der Waals surface area contributed by atoms with Crippen molar-refractivity contribution in [3.8, 4) is 0 Å². The molecule has 2 N–H and O–H groups in total. The fraction of sp³-hybridized carbons (Fsp3) is 0.778. The molecule has 6 aliphatic rings. The van der Waals surface area contributed by atoms with E-state index in [9.17, 15) is 19.8 Å². The summed E-state index contributed by atoms with van der Waals surface area (Å²) in [6, 6.07) is 0.122. The van der Waals surface area contributed by atoms with E-state index in [0.29, 0.717) is 12.8 Å². The lowest BCUT2D eigenvalue weighted by molar-refractivity contribution is -0.365. The van der Waals surface area contributed by atoms with Crippen LogP contribution < -0.4 is 0 Å². The van der Waals surface area contributed by atoms with Gasteiger partial charge in [0, 0.05) is 16.7 Å². The van der Waals surface area contributed by atoms with Crippen molar-refractivity contribution in [3.05, 3.63) is 23.8 Å². The number of Topliss-reactive ketones (excluding diaryl/α,β-unsaturated/α-hetero) is 1. The first-order valence-corrected chi connectivity index (χ1v) is 13.2. The van der Waals surface area contributed by atoms with Crippen LogP contribution in [-0.2, 0) is 19.3 Å². The van der Waals surface area contributed by atoms with Gasteiger partial charge in [0.05, 0.1) is 12.1 Å². The Bertz CT molecular complexity index is 955. The zero-order chi connectivity index (χ0) is 23.9. The minimum absolute atomic E-state index is 0.0218. The molecule has 7 nitrogen and oxygen atoms in total. The van der Waals surface area contributed by atoms with Crippen LogP contribution in [0.25, 0.3) is 0 Å². The maximum atomic E-state index is 13.5. The lowest BCUT2D eigenvalue weighted by Gasteiger charge is -2.59. The maximum Gasteiger partial charge on any atom is 0.195 e. The van der Waals surface area contributed by atoms with Crippen LogP contribution in [0.4, 0.5) is 0 Å².